The molecular weight excluding hydrogens is 368 g/mol. The second-order valence-corrected chi connectivity index (χ2v) is 7.49. The van der Waals surface area contributed by atoms with Crippen molar-refractivity contribution < 1.29 is 4.74 Å². The number of hydrogen-bond acceptors (Lipinski definition) is 3. The van der Waals surface area contributed by atoms with E-state index in [4.69, 9.17) is 17.0 Å². The first-order valence-corrected chi connectivity index (χ1v) is 9.69. The molecule has 6 heteroatoms. The summed E-state index contributed by atoms with van der Waals surface area (Å²) in [4.78, 5) is 6.70. The molecule has 144 valence electrons. The van der Waals surface area contributed by atoms with Gasteiger partial charge in [-0.15, -0.1) is 0 Å². The first kappa shape index (κ1) is 18.5. The fourth-order valence-corrected chi connectivity index (χ4v) is 4.32. The molecule has 0 unspecified atom stereocenters. The maximum atomic E-state index is 5.57. The Morgan fingerprint density at radius 3 is 2.64 bits per heavy atom. The number of likely N-dealkylation sites (N-methyl/N-ethyl adjacent to an activating group) is 1. The molecule has 3 heterocycles. The van der Waals surface area contributed by atoms with Crippen molar-refractivity contribution in [2.75, 3.05) is 14.2 Å². The third-order valence-electron chi connectivity index (χ3n) is 5.44. The Morgan fingerprint density at radius 1 is 1.11 bits per heavy atom. The summed E-state index contributed by atoms with van der Waals surface area (Å²) in [5, 5.41) is 4.19. The molecule has 0 amide bonds. The number of methoxy groups -OCH3 is 1. The molecule has 0 aliphatic carbocycles. The zero-order valence-electron chi connectivity index (χ0n) is 16.5. The van der Waals surface area contributed by atoms with Crippen LogP contribution in [-0.2, 0) is 0 Å². The zero-order valence-corrected chi connectivity index (χ0v) is 17.3. The van der Waals surface area contributed by atoms with Gasteiger partial charge < -0.3 is 19.5 Å². The monoisotopic (exact) mass is 392 g/mol. The molecule has 2 aromatic heterocycles. The summed E-state index contributed by atoms with van der Waals surface area (Å²) in [6, 6.07) is 16.5. The van der Waals surface area contributed by atoms with Crippen molar-refractivity contribution in [1.82, 2.24) is 19.8 Å². The Balaban J connectivity index is 1.81. The quantitative estimate of drug-likeness (QED) is 0.677. The van der Waals surface area contributed by atoms with Gasteiger partial charge in [-0.25, -0.2) is 0 Å². The van der Waals surface area contributed by atoms with Crippen molar-refractivity contribution in [2.45, 2.75) is 25.9 Å². The van der Waals surface area contributed by atoms with Crippen LogP contribution >= 0.6 is 12.2 Å². The topological polar surface area (TPSA) is 42.3 Å². The lowest BCUT2D eigenvalue weighted by molar-refractivity contribution is 0.367. The molecule has 1 aliphatic heterocycles. The van der Waals surface area contributed by atoms with E-state index in [0.29, 0.717) is 0 Å². The summed E-state index contributed by atoms with van der Waals surface area (Å²) in [7, 11) is 3.73. The minimum absolute atomic E-state index is 0.0120. The molecule has 4 rings (SSSR count). The molecule has 1 fully saturated rings. The highest BCUT2D eigenvalue weighted by Gasteiger charge is 2.39. The molecule has 1 aromatic carbocycles. The van der Waals surface area contributed by atoms with Gasteiger partial charge in [-0.05, 0) is 62.0 Å². The van der Waals surface area contributed by atoms with E-state index in [1.165, 1.54) is 17.0 Å². The number of ether oxygens (including phenoxy) is 1. The molecule has 2 atom stereocenters. The van der Waals surface area contributed by atoms with Crippen molar-refractivity contribution in [2.24, 2.45) is 0 Å². The maximum absolute atomic E-state index is 5.57. The van der Waals surface area contributed by atoms with Gasteiger partial charge in [0.1, 0.15) is 5.75 Å². The minimum Gasteiger partial charge on any atom is -0.497 e. The first-order chi connectivity index (χ1) is 13.5. The third-order valence-corrected chi connectivity index (χ3v) is 5.85. The minimum atomic E-state index is 0.0120. The summed E-state index contributed by atoms with van der Waals surface area (Å²) in [5.41, 5.74) is 5.68. The van der Waals surface area contributed by atoms with Gasteiger partial charge in [0.2, 0.25) is 0 Å². The van der Waals surface area contributed by atoms with Crippen LogP contribution in [-0.4, -0.2) is 33.7 Å². The van der Waals surface area contributed by atoms with Gasteiger partial charge >= 0.3 is 0 Å². The smallest absolute Gasteiger partial charge is 0.169 e. The summed E-state index contributed by atoms with van der Waals surface area (Å²) in [5.74, 6) is 0.846. The standard InChI is InChI=1S/C22H24N4OS/c1-14-12-18(15(2)26(14)16-8-7-9-17(13-16)27-4)21-20(24-22(28)25(21)3)19-10-5-6-11-23-19/h5-13,20-21H,1-4H3,(H,24,28)/t20-,21-/m0/s1. The highest BCUT2D eigenvalue weighted by molar-refractivity contribution is 7.80. The number of thiocarbonyl (C=S) groups is 1. The van der Waals surface area contributed by atoms with Gasteiger partial charge in [0.05, 0.1) is 24.9 Å². The number of aryl methyl sites for hydroxylation is 1. The summed E-state index contributed by atoms with van der Waals surface area (Å²) < 4.78 is 7.68. The highest BCUT2D eigenvalue weighted by atomic mass is 32.1. The van der Waals surface area contributed by atoms with Gasteiger partial charge in [0, 0.05) is 36.4 Å². The average molecular weight is 393 g/mol. The van der Waals surface area contributed by atoms with Gasteiger partial charge in [0.25, 0.3) is 0 Å². The first-order valence-electron chi connectivity index (χ1n) is 9.28. The predicted molar refractivity (Wildman–Crippen MR) is 115 cm³/mol. The third kappa shape index (κ3) is 3.03. The number of benzene rings is 1. The zero-order chi connectivity index (χ0) is 19.8. The van der Waals surface area contributed by atoms with Crippen LogP contribution in [0.1, 0.15) is 34.7 Å². The van der Waals surface area contributed by atoms with Gasteiger partial charge in [-0.2, -0.15) is 0 Å². The lowest BCUT2D eigenvalue weighted by atomic mass is 9.97. The molecular formula is C22H24N4OS. The number of rotatable bonds is 4. The summed E-state index contributed by atoms with van der Waals surface area (Å²) in [6.45, 7) is 4.29. The van der Waals surface area contributed by atoms with Crippen LogP contribution in [0.5, 0.6) is 5.75 Å². The average Bonchev–Trinajstić information content (AvgIpc) is 3.17. The van der Waals surface area contributed by atoms with E-state index in [1.807, 2.05) is 43.6 Å². The van der Waals surface area contributed by atoms with Crippen LogP contribution in [0.15, 0.2) is 54.7 Å². The molecule has 0 spiro atoms. The fourth-order valence-electron chi connectivity index (χ4n) is 4.08. The lowest BCUT2D eigenvalue weighted by Crippen LogP contribution is -2.25. The van der Waals surface area contributed by atoms with E-state index in [1.54, 1.807) is 7.11 Å². The van der Waals surface area contributed by atoms with Gasteiger partial charge in [0.15, 0.2) is 5.11 Å². The number of nitrogens with one attached hydrogen (secondary N) is 1. The number of hydrogen-bond donors (Lipinski definition) is 1. The SMILES string of the molecule is COc1cccc(-n2c(C)cc([C@H]3[C@H](c4ccccn4)NC(=S)N3C)c2C)c1. The Labute approximate surface area is 171 Å². The maximum Gasteiger partial charge on any atom is 0.169 e. The van der Waals surface area contributed by atoms with E-state index >= 15 is 0 Å². The number of nitrogens with zero attached hydrogens (tertiary/aromatic N) is 3. The normalized spacial score (nSPS) is 19.0. The van der Waals surface area contributed by atoms with Crippen molar-refractivity contribution in [1.29, 1.82) is 0 Å². The van der Waals surface area contributed by atoms with Crippen LogP contribution in [0, 0.1) is 13.8 Å². The molecule has 28 heavy (non-hydrogen) atoms. The van der Waals surface area contributed by atoms with E-state index in [-0.39, 0.29) is 12.1 Å². The van der Waals surface area contributed by atoms with E-state index in [2.05, 4.69) is 51.8 Å². The van der Waals surface area contributed by atoms with Crippen LogP contribution in [0.25, 0.3) is 5.69 Å². The molecule has 1 N–H and O–H groups in total. The van der Waals surface area contributed by atoms with Crippen LogP contribution in [0.2, 0.25) is 0 Å². The van der Waals surface area contributed by atoms with Gasteiger partial charge in [-0.3, -0.25) is 4.98 Å². The largest absolute Gasteiger partial charge is 0.497 e. The van der Waals surface area contributed by atoms with Crippen molar-refractivity contribution >= 4 is 17.3 Å². The van der Waals surface area contributed by atoms with Crippen LogP contribution in [0.3, 0.4) is 0 Å². The summed E-state index contributed by atoms with van der Waals surface area (Å²) >= 11 is 5.57. The molecule has 0 saturated carbocycles. The molecule has 5 nitrogen and oxygen atoms in total. The lowest BCUT2D eigenvalue weighted by Gasteiger charge is -2.24. The van der Waals surface area contributed by atoms with E-state index in [0.717, 1.165) is 22.2 Å². The molecule has 1 aliphatic rings. The Bertz CT molecular complexity index is 1010. The number of pyridine rings is 1. The molecule has 3 aromatic rings. The molecule has 0 bridgehead atoms. The predicted octanol–water partition coefficient (Wildman–Crippen LogP) is 4.10. The number of aromatic nitrogens is 2. The Hall–Kier alpha value is -2.86. The second kappa shape index (κ2) is 7.28. The van der Waals surface area contributed by atoms with E-state index in [9.17, 15) is 0 Å². The highest BCUT2D eigenvalue weighted by Crippen LogP contribution is 2.40. The van der Waals surface area contributed by atoms with Crippen molar-refractivity contribution in [3.05, 3.63) is 77.4 Å². The molecule has 1 saturated heterocycles. The van der Waals surface area contributed by atoms with Crippen molar-refractivity contribution in [3.8, 4) is 11.4 Å². The molecule has 0 radical (unpaired) electrons. The Kier molecular flexibility index (Phi) is 4.81. The Morgan fingerprint density at radius 2 is 1.93 bits per heavy atom. The second-order valence-electron chi connectivity index (χ2n) is 7.10. The van der Waals surface area contributed by atoms with Crippen LogP contribution < -0.4 is 10.1 Å². The van der Waals surface area contributed by atoms with Gasteiger partial charge in [-0.1, -0.05) is 12.1 Å². The van der Waals surface area contributed by atoms with E-state index < -0.39 is 0 Å². The fraction of sp³-hybridized carbons (Fsp3) is 0.273. The summed E-state index contributed by atoms with van der Waals surface area (Å²) in [6.07, 6.45) is 1.83. The van der Waals surface area contributed by atoms with Crippen LogP contribution in [0.4, 0.5) is 0 Å². The van der Waals surface area contributed by atoms with Crippen molar-refractivity contribution in [3.63, 3.8) is 0 Å².